The number of ether oxygens (including phenoxy) is 1. The Hall–Kier alpha value is -3.94. The summed E-state index contributed by atoms with van der Waals surface area (Å²) in [5.74, 6) is 0.598. The van der Waals surface area contributed by atoms with E-state index in [0.717, 1.165) is 16.8 Å². The number of fused-ring (bicyclic) bond motifs is 1. The van der Waals surface area contributed by atoms with Gasteiger partial charge >= 0.3 is 6.03 Å². The molecule has 140 valence electrons. The molecule has 0 radical (unpaired) electrons. The van der Waals surface area contributed by atoms with Crippen LogP contribution in [-0.2, 0) is 0 Å². The van der Waals surface area contributed by atoms with E-state index in [-0.39, 0.29) is 6.03 Å². The zero-order valence-electron chi connectivity index (χ0n) is 15.4. The summed E-state index contributed by atoms with van der Waals surface area (Å²) in [5.41, 5.74) is 4.56. The number of carbonyl (C=O) groups is 1. The highest BCUT2D eigenvalue weighted by atomic mass is 16.5. The highest BCUT2D eigenvalue weighted by Gasteiger charge is 2.09. The Morgan fingerprint density at radius 2 is 1.96 bits per heavy atom. The van der Waals surface area contributed by atoms with Crippen LogP contribution >= 0.6 is 0 Å². The number of carbonyl (C=O) groups excluding carboxylic acids is 1. The van der Waals surface area contributed by atoms with Crippen molar-refractivity contribution in [2.75, 3.05) is 17.7 Å². The first-order valence-corrected chi connectivity index (χ1v) is 8.62. The number of benzene rings is 2. The van der Waals surface area contributed by atoms with Gasteiger partial charge in [0.15, 0.2) is 5.65 Å². The van der Waals surface area contributed by atoms with Gasteiger partial charge in [0.2, 0.25) is 0 Å². The van der Waals surface area contributed by atoms with Gasteiger partial charge in [0, 0.05) is 11.3 Å². The molecule has 2 N–H and O–H groups in total. The number of aryl methyl sites for hydroxylation is 1. The number of hydrogen-bond acceptors (Lipinski definition) is 5. The summed E-state index contributed by atoms with van der Waals surface area (Å²) in [6.45, 7) is 1.95. The first-order chi connectivity index (χ1) is 13.6. The van der Waals surface area contributed by atoms with Crippen LogP contribution in [0, 0.1) is 6.92 Å². The summed E-state index contributed by atoms with van der Waals surface area (Å²) >= 11 is 0. The van der Waals surface area contributed by atoms with Crippen LogP contribution < -0.4 is 15.4 Å². The Balaban J connectivity index is 1.53. The summed E-state index contributed by atoms with van der Waals surface area (Å²) in [6.07, 6.45) is 1.55. The van der Waals surface area contributed by atoms with Crippen LogP contribution in [0.4, 0.5) is 16.2 Å². The zero-order valence-corrected chi connectivity index (χ0v) is 15.4. The van der Waals surface area contributed by atoms with Crippen molar-refractivity contribution in [3.63, 3.8) is 0 Å². The van der Waals surface area contributed by atoms with Crippen LogP contribution in [0.15, 0.2) is 60.9 Å². The van der Waals surface area contributed by atoms with Crippen molar-refractivity contribution in [2.45, 2.75) is 6.92 Å². The van der Waals surface area contributed by atoms with Gasteiger partial charge in [0.1, 0.15) is 12.1 Å². The molecule has 2 aromatic heterocycles. The maximum atomic E-state index is 12.4. The van der Waals surface area contributed by atoms with Gasteiger partial charge in [0.25, 0.3) is 0 Å². The smallest absolute Gasteiger partial charge is 0.323 e. The van der Waals surface area contributed by atoms with E-state index in [0.29, 0.717) is 22.8 Å². The Kier molecular flexibility index (Phi) is 4.59. The summed E-state index contributed by atoms with van der Waals surface area (Å²) in [7, 11) is 1.57. The third-order valence-electron chi connectivity index (χ3n) is 4.18. The summed E-state index contributed by atoms with van der Waals surface area (Å²) in [5, 5.41) is 17.9. The van der Waals surface area contributed by atoms with Crippen LogP contribution in [0.25, 0.3) is 16.9 Å². The number of methoxy groups -OCH3 is 1. The predicted octanol–water partition coefficient (Wildman–Crippen LogP) is 3.75. The molecule has 0 unspecified atom stereocenters. The van der Waals surface area contributed by atoms with Gasteiger partial charge in [-0.3, -0.25) is 0 Å². The SMILES string of the molecule is COc1ccc(C)cc1NC(=O)Nc1cccc(-c2ccc3nncn3n2)c1. The van der Waals surface area contributed by atoms with Gasteiger partial charge in [-0.05, 0) is 48.9 Å². The Labute approximate surface area is 161 Å². The molecule has 8 heteroatoms. The van der Waals surface area contributed by atoms with E-state index >= 15 is 0 Å². The second-order valence-electron chi connectivity index (χ2n) is 6.22. The lowest BCUT2D eigenvalue weighted by atomic mass is 10.1. The highest BCUT2D eigenvalue weighted by Crippen LogP contribution is 2.26. The highest BCUT2D eigenvalue weighted by molar-refractivity contribution is 6.01. The Bertz CT molecular complexity index is 1150. The first-order valence-electron chi connectivity index (χ1n) is 8.62. The molecule has 0 saturated heterocycles. The number of rotatable bonds is 4. The lowest BCUT2D eigenvalue weighted by molar-refractivity contribution is 0.262. The van der Waals surface area contributed by atoms with Gasteiger partial charge < -0.3 is 15.4 Å². The van der Waals surface area contributed by atoms with E-state index in [4.69, 9.17) is 4.74 Å². The lowest BCUT2D eigenvalue weighted by Gasteiger charge is -2.12. The third-order valence-corrected chi connectivity index (χ3v) is 4.18. The van der Waals surface area contributed by atoms with Crippen LogP contribution in [0.3, 0.4) is 0 Å². The van der Waals surface area contributed by atoms with Gasteiger partial charge in [0.05, 0.1) is 18.5 Å². The van der Waals surface area contributed by atoms with Gasteiger partial charge in [-0.1, -0.05) is 18.2 Å². The topological polar surface area (TPSA) is 93.4 Å². The van der Waals surface area contributed by atoms with E-state index in [1.165, 1.54) is 0 Å². The number of nitrogens with one attached hydrogen (secondary N) is 2. The maximum Gasteiger partial charge on any atom is 0.323 e. The van der Waals surface area contributed by atoms with Crippen LogP contribution in [-0.4, -0.2) is 33.0 Å². The zero-order chi connectivity index (χ0) is 19.5. The largest absolute Gasteiger partial charge is 0.495 e. The average Bonchev–Trinajstić information content (AvgIpc) is 3.16. The van der Waals surface area contributed by atoms with Crippen molar-refractivity contribution in [3.8, 4) is 17.0 Å². The molecular formula is C20H18N6O2. The summed E-state index contributed by atoms with van der Waals surface area (Å²) < 4.78 is 6.90. The van der Waals surface area contributed by atoms with Crippen molar-refractivity contribution in [1.29, 1.82) is 0 Å². The normalized spacial score (nSPS) is 10.6. The van der Waals surface area contributed by atoms with E-state index in [1.54, 1.807) is 18.0 Å². The fraction of sp³-hybridized carbons (Fsp3) is 0.100. The van der Waals surface area contributed by atoms with Crippen molar-refractivity contribution < 1.29 is 9.53 Å². The van der Waals surface area contributed by atoms with Crippen LogP contribution in [0.1, 0.15) is 5.56 Å². The van der Waals surface area contributed by atoms with Gasteiger partial charge in [-0.25, -0.2) is 4.79 Å². The van der Waals surface area contributed by atoms with E-state index in [1.807, 2.05) is 61.5 Å². The van der Waals surface area contributed by atoms with Crippen LogP contribution in [0.2, 0.25) is 0 Å². The van der Waals surface area contributed by atoms with Crippen molar-refractivity contribution in [1.82, 2.24) is 19.8 Å². The Morgan fingerprint density at radius 1 is 1.07 bits per heavy atom. The molecule has 0 aliphatic heterocycles. The second kappa shape index (κ2) is 7.36. The molecule has 2 aromatic carbocycles. The van der Waals surface area contributed by atoms with Crippen LogP contribution in [0.5, 0.6) is 5.75 Å². The lowest BCUT2D eigenvalue weighted by Crippen LogP contribution is -2.19. The maximum absolute atomic E-state index is 12.4. The Morgan fingerprint density at radius 3 is 2.82 bits per heavy atom. The fourth-order valence-corrected chi connectivity index (χ4v) is 2.84. The van der Waals surface area contributed by atoms with E-state index in [2.05, 4.69) is 25.9 Å². The molecular weight excluding hydrogens is 356 g/mol. The molecule has 0 aliphatic rings. The molecule has 0 saturated carbocycles. The molecule has 8 nitrogen and oxygen atoms in total. The fourth-order valence-electron chi connectivity index (χ4n) is 2.84. The van der Waals surface area contributed by atoms with Crippen molar-refractivity contribution in [3.05, 3.63) is 66.5 Å². The third kappa shape index (κ3) is 3.61. The molecule has 4 rings (SSSR count). The van der Waals surface area contributed by atoms with E-state index in [9.17, 15) is 4.79 Å². The molecule has 0 atom stereocenters. The van der Waals surface area contributed by atoms with Gasteiger partial charge in [-0.2, -0.15) is 9.61 Å². The molecule has 4 aromatic rings. The first kappa shape index (κ1) is 17.5. The van der Waals surface area contributed by atoms with Gasteiger partial charge in [-0.15, -0.1) is 10.2 Å². The average molecular weight is 374 g/mol. The predicted molar refractivity (Wildman–Crippen MR) is 107 cm³/mol. The molecule has 0 bridgehead atoms. The number of anilines is 2. The number of amides is 2. The van der Waals surface area contributed by atoms with E-state index < -0.39 is 0 Å². The summed E-state index contributed by atoms with van der Waals surface area (Å²) in [6, 6.07) is 16.4. The second-order valence-corrected chi connectivity index (χ2v) is 6.22. The molecule has 0 spiro atoms. The van der Waals surface area contributed by atoms with Crippen molar-refractivity contribution >= 4 is 23.1 Å². The standard InChI is InChI=1S/C20H18N6O2/c1-13-6-8-18(28-2)17(10-13)23-20(27)22-15-5-3-4-14(11-15)16-7-9-19-24-21-12-26(19)25-16/h3-12H,1-2H3,(H2,22,23,27). The number of aromatic nitrogens is 4. The molecule has 2 heterocycles. The molecule has 28 heavy (non-hydrogen) atoms. The molecule has 0 aliphatic carbocycles. The number of hydrogen-bond donors (Lipinski definition) is 2. The number of nitrogens with zero attached hydrogens (tertiary/aromatic N) is 4. The quantitative estimate of drug-likeness (QED) is 0.567. The minimum Gasteiger partial charge on any atom is -0.495 e. The summed E-state index contributed by atoms with van der Waals surface area (Å²) in [4.78, 5) is 12.4. The number of urea groups is 1. The minimum atomic E-state index is -0.358. The monoisotopic (exact) mass is 374 g/mol. The molecule has 2 amide bonds. The molecule has 0 fully saturated rings. The minimum absolute atomic E-state index is 0.358. The van der Waals surface area contributed by atoms with Crippen molar-refractivity contribution in [2.24, 2.45) is 0 Å².